The molecule has 0 aromatic heterocycles. The summed E-state index contributed by atoms with van der Waals surface area (Å²) < 4.78 is 0. The van der Waals surface area contributed by atoms with Gasteiger partial charge in [0.2, 0.25) is 0 Å². The Kier molecular flexibility index (Phi) is 3.47. The number of aryl methyl sites for hydroxylation is 2. The Morgan fingerprint density at radius 3 is 2.44 bits per heavy atom. The third-order valence-corrected chi connectivity index (χ3v) is 2.99. The molecular weight excluding hydrogens is 222 g/mol. The summed E-state index contributed by atoms with van der Waals surface area (Å²) in [5.41, 5.74) is 4.06. The van der Waals surface area contributed by atoms with E-state index in [1.165, 1.54) is 0 Å². The van der Waals surface area contributed by atoms with Crippen molar-refractivity contribution in [3.63, 3.8) is 0 Å². The van der Waals surface area contributed by atoms with Gasteiger partial charge in [-0.15, -0.1) is 0 Å². The van der Waals surface area contributed by atoms with Gasteiger partial charge in [-0.3, -0.25) is 0 Å². The average Bonchev–Trinajstić information content (AvgIpc) is 2.35. The van der Waals surface area contributed by atoms with Crippen molar-refractivity contribution in [2.24, 2.45) is 0 Å². The molecule has 2 N–H and O–H groups in total. The van der Waals surface area contributed by atoms with Crippen molar-refractivity contribution in [2.75, 3.05) is 0 Å². The van der Waals surface area contributed by atoms with Crippen LogP contribution in [0.1, 0.15) is 22.3 Å². The number of rotatable bonds is 3. The van der Waals surface area contributed by atoms with E-state index in [1.807, 2.05) is 56.3 Å². The van der Waals surface area contributed by atoms with Crippen molar-refractivity contribution in [2.45, 2.75) is 20.3 Å². The van der Waals surface area contributed by atoms with Gasteiger partial charge < -0.3 is 10.5 Å². The fourth-order valence-corrected chi connectivity index (χ4v) is 2.09. The zero-order chi connectivity index (χ0) is 13.1. The molecule has 0 bridgehead atoms. The van der Waals surface area contributed by atoms with E-state index >= 15 is 0 Å². The van der Waals surface area contributed by atoms with Crippen molar-refractivity contribution >= 4 is 5.71 Å². The molecule has 0 saturated carbocycles. The largest absolute Gasteiger partial charge is 0.507 e. The maximum absolute atomic E-state index is 10.0. The molecule has 0 spiro atoms. The van der Waals surface area contributed by atoms with Crippen molar-refractivity contribution in [3.8, 4) is 5.75 Å². The Balaban J connectivity index is 2.30. The molecule has 2 aromatic carbocycles. The van der Waals surface area contributed by atoms with Gasteiger partial charge in [-0.05, 0) is 36.6 Å². The number of phenols is 1. The number of aromatic hydroxyl groups is 1. The lowest BCUT2D eigenvalue weighted by Crippen LogP contribution is -2.05. The predicted octanol–water partition coefficient (Wildman–Crippen LogP) is 3.62. The van der Waals surface area contributed by atoms with Crippen molar-refractivity contribution < 1.29 is 5.11 Å². The molecule has 0 saturated heterocycles. The summed E-state index contributed by atoms with van der Waals surface area (Å²) in [7, 11) is 0. The second-order valence-corrected chi connectivity index (χ2v) is 4.62. The van der Waals surface area contributed by atoms with Crippen LogP contribution in [0.5, 0.6) is 5.75 Å². The molecule has 2 rings (SSSR count). The second-order valence-electron chi connectivity index (χ2n) is 4.62. The van der Waals surface area contributed by atoms with Gasteiger partial charge >= 0.3 is 0 Å². The second kappa shape index (κ2) is 5.05. The molecule has 2 nitrogen and oxygen atoms in total. The van der Waals surface area contributed by atoms with Gasteiger partial charge in [-0.25, -0.2) is 0 Å². The molecule has 18 heavy (non-hydrogen) atoms. The first kappa shape index (κ1) is 12.4. The molecular formula is C16H17NO. The van der Waals surface area contributed by atoms with Crippen LogP contribution in [0.4, 0.5) is 0 Å². The van der Waals surface area contributed by atoms with Crippen LogP contribution in [0.25, 0.3) is 0 Å². The Labute approximate surface area is 107 Å². The van der Waals surface area contributed by atoms with Gasteiger partial charge in [0.15, 0.2) is 0 Å². The van der Waals surface area contributed by atoms with E-state index in [1.54, 1.807) is 0 Å². The molecule has 0 amide bonds. The zero-order valence-electron chi connectivity index (χ0n) is 10.7. The third-order valence-electron chi connectivity index (χ3n) is 2.99. The molecule has 0 aliphatic heterocycles. The number of nitrogens with one attached hydrogen (secondary N) is 1. The van der Waals surface area contributed by atoms with Gasteiger partial charge in [0, 0.05) is 17.7 Å². The summed E-state index contributed by atoms with van der Waals surface area (Å²) in [6.07, 6.45) is 0.539. The lowest BCUT2D eigenvalue weighted by atomic mass is 9.97. The van der Waals surface area contributed by atoms with E-state index in [9.17, 15) is 5.11 Å². The van der Waals surface area contributed by atoms with E-state index in [2.05, 4.69) is 0 Å². The van der Waals surface area contributed by atoms with Crippen LogP contribution in [0.2, 0.25) is 0 Å². The van der Waals surface area contributed by atoms with Crippen LogP contribution in [-0.4, -0.2) is 10.8 Å². The monoisotopic (exact) mass is 239 g/mol. The van der Waals surface area contributed by atoms with Crippen LogP contribution in [-0.2, 0) is 6.42 Å². The minimum atomic E-state index is 0.224. The van der Waals surface area contributed by atoms with Crippen molar-refractivity contribution in [1.82, 2.24) is 0 Å². The van der Waals surface area contributed by atoms with Crippen LogP contribution in [0.15, 0.2) is 42.5 Å². The molecule has 0 aliphatic carbocycles. The Hall–Kier alpha value is -2.09. The molecule has 0 fully saturated rings. The van der Waals surface area contributed by atoms with Crippen LogP contribution < -0.4 is 0 Å². The first-order chi connectivity index (χ1) is 8.58. The zero-order valence-corrected chi connectivity index (χ0v) is 10.7. The number of phenolic OH excluding ortho intramolecular Hbond substituents is 1. The van der Waals surface area contributed by atoms with E-state index < -0.39 is 0 Å². The standard InChI is InChI=1S/C16H17NO/c1-11-8-12(2)16(18)14(9-11)15(17)10-13-6-4-3-5-7-13/h3-9,17-18H,10H2,1-2H3. The quantitative estimate of drug-likeness (QED) is 0.789. The molecule has 92 valence electrons. The number of benzene rings is 2. The molecule has 0 aliphatic rings. The van der Waals surface area contributed by atoms with Crippen molar-refractivity contribution in [3.05, 3.63) is 64.7 Å². The highest BCUT2D eigenvalue weighted by atomic mass is 16.3. The summed E-state index contributed by atoms with van der Waals surface area (Å²) in [5.74, 6) is 0.224. The highest BCUT2D eigenvalue weighted by molar-refractivity contribution is 6.02. The maximum Gasteiger partial charge on any atom is 0.127 e. The highest BCUT2D eigenvalue weighted by Crippen LogP contribution is 2.25. The van der Waals surface area contributed by atoms with E-state index in [-0.39, 0.29) is 5.75 Å². The summed E-state index contributed by atoms with van der Waals surface area (Å²) in [5, 5.41) is 18.2. The smallest absolute Gasteiger partial charge is 0.127 e. The topological polar surface area (TPSA) is 44.1 Å². The van der Waals surface area contributed by atoms with Gasteiger partial charge in [-0.2, -0.15) is 0 Å². The predicted molar refractivity (Wildman–Crippen MR) is 74.6 cm³/mol. The summed E-state index contributed by atoms with van der Waals surface area (Å²) in [6.45, 7) is 3.84. The number of hydrogen-bond donors (Lipinski definition) is 2. The highest BCUT2D eigenvalue weighted by Gasteiger charge is 2.11. The Bertz CT molecular complexity index is 573. The van der Waals surface area contributed by atoms with Gasteiger partial charge in [0.1, 0.15) is 5.75 Å². The fraction of sp³-hybridized carbons (Fsp3) is 0.188. The van der Waals surface area contributed by atoms with Gasteiger partial charge in [0.05, 0.1) is 0 Å². The summed E-state index contributed by atoms with van der Waals surface area (Å²) >= 11 is 0. The third kappa shape index (κ3) is 2.59. The summed E-state index contributed by atoms with van der Waals surface area (Å²) in [4.78, 5) is 0. The first-order valence-electron chi connectivity index (χ1n) is 6.00. The van der Waals surface area contributed by atoms with Crippen molar-refractivity contribution in [1.29, 1.82) is 5.41 Å². The van der Waals surface area contributed by atoms with E-state index in [0.717, 1.165) is 16.7 Å². The van der Waals surface area contributed by atoms with Crippen LogP contribution >= 0.6 is 0 Å². The molecule has 2 heteroatoms. The SMILES string of the molecule is Cc1cc(C)c(O)c(C(=N)Cc2ccccc2)c1. The lowest BCUT2D eigenvalue weighted by Gasteiger charge is -2.10. The number of hydrogen-bond acceptors (Lipinski definition) is 2. The van der Waals surface area contributed by atoms with Gasteiger partial charge in [-0.1, -0.05) is 36.4 Å². The Morgan fingerprint density at radius 1 is 1.11 bits per heavy atom. The normalized spacial score (nSPS) is 10.3. The average molecular weight is 239 g/mol. The lowest BCUT2D eigenvalue weighted by molar-refractivity contribution is 0.469. The fourth-order valence-electron chi connectivity index (χ4n) is 2.09. The molecule has 0 atom stereocenters. The Morgan fingerprint density at radius 2 is 1.78 bits per heavy atom. The first-order valence-corrected chi connectivity index (χ1v) is 6.00. The summed E-state index contributed by atoms with van der Waals surface area (Å²) in [6, 6.07) is 13.7. The molecule has 2 aromatic rings. The van der Waals surface area contributed by atoms with Gasteiger partial charge in [0.25, 0.3) is 0 Å². The molecule has 0 unspecified atom stereocenters. The van der Waals surface area contributed by atoms with E-state index in [4.69, 9.17) is 5.41 Å². The molecule has 0 heterocycles. The van der Waals surface area contributed by atoms with Crippen LogP contribution in [0, 0.1) is 19.3 Å². The maximum atomic E-state index is 10.0. The van der Waals surface area contributed by atoms with Crippen LogP contribution in [0.3, 0.4) is 0 Å². The molecule has 0 radical (unpaired) electrons. The van der Waals surface area contributed by atoms with E-state index in [0.29, 0.717) is 17.7 Å². The minimum Gasteiger partial charge on any atom is -0.507 e. The minimum absolute atomic E-state index is 0.224.